The van der Waals surface area contributed by atoms with E-state index >= 15 is 0 Å². The molecule has 3 nitrogen and oxygen atoms in total. The van der Waals surface area contributed by atoms with E-state index in [9.17, 15) is 18.0 Å². The van der Waals surface area contributed by atoms with Crippen LogP contribution in [0.5, 0.6) is 5.75 Å². The molecule has 0 fully saturated rings. The Hall–Kier alpha value is -2.80. The molecule has 4 rings (SSSR count). The number of carbonyl (C=O) groups excluding carboxylic acids is 1. The molecule has 0 saturated heterocycles. The molecule has 0 spiro atoms. The molecular weight excluding hydrogens is 447 g/mol. The van der Waals surface area contributed by atoms with Crippen molar-refractivity contribution in [2.24, 2.45) is 0 Å². The second-order valence-electron chi connectivity index (χ2n) is 6.55. The quantitative estimate of drug-likeness (QED) is 0.323. The summed E-state index contributed by atoms with van der Waals surface area (Å²) in [4.78, 5) is 11.9. The lowest BCUT2D eigenvalue weighted by molar-refractivity contribution is -0.0884. The average molecular weight is 462 g/mol. The average Bonchev–Trinajstić information content (AvgIpc) is 3.04. The number of hydrogen-bond donors (Lipinski definition) is 0. The third-order valence-corrected chi connectivity index (χ3v) is 5.18. The number of alkyl halides is 3. The van der Waals surface area contributed by atoms with Gasteiger partial charge in [0.25, 0.3) is 5.78 Å². The standard InChI is InChI=1S/C22H15BrF3NO2/c23-15-8-9-19-17(12-15)18(21(28)22(24,25)26)13-27(19)10-11-29-20-7-3-5-14-4-1-2-6-16(14)20/h1-9,12-13H,10-11H2. The molecule has 0 aliphatic carbocycles. The van der Waals surface area contributed by atoms with Gasteiger partial charge in [0.15, 0.2) is 0 Å². The van der Waals surface area contributed by atoms with Crippen molar-refractivity contribution in [1.82, 2.24) is 4.57 Å². The molecular formula is C22H15BrF3NO2. The predicted molar refractivity (Wildman–Crippen MR) is 109 cm³/mol. The normalized spacial score (nSPS) is 11.9. The van der Waals surface area contributed by atoms with Crippen LogP contribution in [0.15, 0.2) is 71.3 Å². The van der Waals surface area contributed by atoms with E-state index in [1.807, 2.05) is 42.5 Å². The molecule has 148 valence electrons. The number of rotatable bonds is 5. The Morgan fingerprint density at radius 1 is 1.00 bits per heavy atom. The zero-order chi connectivity index (χ0) is 20.6. The first-order chi connectivity index (χ1) is 13.8. The molecule has 0 amide bonds. The van der Waals surface area contributed by atoms with Crippen LogP contribution in [-0.2, 0) is 6.54 Å². The van der Waals surface area contributed by atoms with Gasteiger partial charge in [0.2, 0.25) is 0 Å². The third kappa shape index (κ3) is 3.87. The molecule has 1 aromatic heterocycles. The van der Waals surface area contributed by atoms with Gasteiger partial charge in [-0.2, -0.15) is 13.2 Å². The van der Waals surface area contributed by atoms with Crippen LogP contribution in [0.1, 0.15) is 10.4 Å². The Labute approximate surface area is 172 Å². The van der Waals surface area contributed by atoms with Crippen LogP contribution >= 0.6 is 15.9 Å². The molecule has 0 aliphatic heterocycles. The summed E-state index contributed by atoms with van der Waals surface area (Å²) >= 11 is 3.26. The highest BCUT2D eigenvalue weighted by Gasteiger charge is 2.40. The van der Waals surface area contributed by atoms with E-state index in [1.54, 1.807) is 16.7 Å². The fourth-order valence-electron chi connectivity index (χ4n) is 3.36. The van der Waals surface area contributed by atoms with Crippen LogP contribution in [0.2, 0.25) is 0 Å². The van der Waals surface area contributed by atoms with Gasteiger partial charge in [0, 0.05) is 27.0 Å². The maximum Gasteiger partial charge on any atom is 0.454 e. The van der Waals surface area contributed by atoms with E-state index in [-0.39, 0.29) is 17.6 Å². The Morgan fingerprint density at radius 2 is 1.76 bits per heavy atom. The van der Waals surface area contributed by atoms with Crippen molar-refractivity contribution >= 4 is 43.4 Å². The molecule has 3 aromatic carbocycles. The van der Waals surface area contributed by atoms with Gasteiger partial charge in [-0.1, -0.05) is 52.3 Å². The van der Waals surface area contributed by atoms with E-state index in [1.165, 1.54) is 12.3 Å². The molecule has 0 N–H and O–H groups in total. The molecule has 4 aromatic rings. The van der Waals surface area contributed by atoms with E-state index in [2.05, 4.69) is 15.9 Å². The summed E-state index contributed by atoms with van der Waals surface area (Å²) in [5, 5.41) is 2.26. The maximum atomic E-state index is 13.0. The van der Waals surface area contributed by atoms with Gasteiger partial charge in [-0.3, -0.25) is 4.79 Å². The number of carbonyl (C=O) groups is 1. The fourth-order valence-corrected chi connectivity index (χ4v) is 3.72. The second-order valence-corrected chi connectivity index (χ2v) is 7.47. The van der Waals surface area contributed by atoms with E-state index in [0.717, 1.165) is 10.8 Å². The molecule has 0 saturated carbocycles. The first kappa shape index (κ1) is 19.5. The van der Waals surface area contributed by atoms with Crippen molar-refractivity contribution < 1.29 is 22.7 Å². The van der Waals surface area contributed by atoms with Crippen molar-refractivity contribution in [1.29, 1.82) is 0 Å². The number of ether oxygens (including phenoxy) is 1. The Bertz CT molecular complexity index is 1210. The zero-order valence-electron chi connectivity index (χ0n) is 15.0. The Morgan fingerprint density at radius 3 is 2.55 bits per heavy atom. The summed E-state index contributed by atoms with van der Waals surface area (Å²) < 4.78 is 47.1. The highest BCUT2D eigenvalue weighted by molar-refractivity contribution is 9.10. The van der Waals surface area contributed by atoms with Crippen LogP contribution < -0.4 is 4.74 Å². The number of halogens is 4. The third-order valence-electron chi connectivity index (χ3n) is 4.68. The fraction of sp³-hybridized carbons (Fsp3) is 0.136. The molecule has 7 heteroatoms. The molecule has 0 radical (unpaired) electrons. The molecule has 1 heterocycles. The van der Waals surface area contributed by atoms with Gasteiger partial charge < -0.3 is 9.30 Å². The maximum absolute atomic E-state index is 13.0. The van der Waals surface area contributed by atoms with Crippen molar-refractivity contribution in [2.45, 2.75) is 12.7 Å². The van der Waals surface area contributed by atoms with Gasteiger partial charge >= 0.3 is 6.18 Å². The van der Waals surface area contributed by atoms with Gasteiger partial charge in [0.05, 0.1) is 12.1 Å². The Kier molecular flexibility index (Phi) is 5.08. The minimum Gasteiger partial charge on any atom is -0.491 e. The number of aromatic nitrogens is 1. The lowest BCUT2D eigenvalue weighted by Gasteiger charge is -2.10. The van der Waals surface area contributed by atoms with Crippen molar-refractivity contribution in [3.63, 3.8) is 0 Å². The van der Waals surface area contributed by atoms with E-state index in [4.69, 9.17) is 4.74 Å². The number of Topliss-reactive ketones (excluding diaryl/α,β-unsaturated/α-hetero) is 1. The van der Waals surface area contributed by atoms with Crippen molar-refractivity contribution in [3.05, 3.63) is 76.9 Å². The Balaban J connectivity index is 1.62. The lowest BCUT2D eigenvalue weighted by Crippen LogP contribution is -2.22. The summed E-state index contributed by atoms with van der Waals surface area (Å²) in [6.07, 6.45) is -3.68. The van der Waals surface area contributed by atoms with Crippen molar-refractivity contribution in [3.8, 4) is 5.75 Å². The van der Waals surface area contributed by atoms with E-state index in [0.29, 0.717) is 22.3 Å². The highest BCUT2D eigenvalue weighted by Crippen LogP contribution is 2.31. The monoisotopic (exact) mass is 461 g/mol. The van der Waals surface area contributed by atoms with Crippen LogP contribution in [0.25, 0.3) is 21.7 Å². The molecule has 0 aliphatic rings. The van der Waals surface area contributed by atoms with E-state index < -0.39 is 12.0 Å². The number of benzene rings is 3. The van der Waals surface area contributed by atoms with Crippen LogP contribution in [-0.4, -0.2) is 23.1 Å². The summed E-state index contributed by atoms with van der Waals surface area (Å²) in [7, 11) is 0. The lowest BCUT2D eigenvalue weighted by atomic mass is 10.1. The molecule has 0 bridgehead atoms. The first-order valence-corrected chi connectivity index (χ1v) is 9.64. The van der Waals surface area contributed by atoms with Gasteiger partial charge in [-0.15, -0.1) is 0 Å². The van der Waals surface area contributed by atoms with Gasteiger partial charge in [0.1, 0.15) is 12.4 Å². The summed E-state index contributed by atoms with van der Waals surface area (Å²) in [6, 6.07) is 18.5. The molecule has 0 atom stereocenters. The van der Waals surface area contributed by atoms with Crippen LogP contribution in [0.3, 0.4) is 0 Å². The molecule has 0 unspecified atom stereocenters. The first-order valence-electron chi connectivity index (χ1n) is 8.85. The SMILES string of the molecule is O=C(c1cn(CCOc2cccc3ccccc23)c2ccc(Br)cc12)C(F)(F)F. The van der Waals surface area contributed by atoms with Crippen molar-refractivity contribution in [2.75, 3.05) is 6.61 Å². The number of nitrogens with zero attached hydrogens (tertiary/aromatic N) is 1. The summed E-state index contributed by atoms with van der Waals surface area (Å²) in [5.74, 6) is -1.15. The zero-order valence-corrected chi connectivity index (χ0v) is 16.6. The predicted octanol–water partition coefficient (Wildman–Crippen LogP) is 6.38. The highest BCUT2D eigenvalue weighted by atomic mass is 79.9. The number of fused-ring (bicyclic) bond motifs is 2. The summed E-state index contributed by atoms with van der Waals surface area (Å²) in [6.45, 7) is 0.542. The number of ketones is 1. The van der Waals surface area contributed by atoms with Gasteiger partial charge in [-0.25, -0.2) is 0 Å². The van der Waals surface area contributed by atoms with Gasteiger partial charge in [-0.05, 0) is 29.7 Å². The minimum atomic E-state index is -4.93. The smallest absolute Gasteiger partial charge is 0.454 e. The number of hydrogen-bond acceptors (Lipinski definition) is 2. The minimum absolute atomic E-state index is 0.244. The van der Waals surface area contributed by atoms with Crippen LogP contribution in [0.4, 0.5) is 13.2 Å². The largest absolute Gasteiger partial charge is 0.491 e. The topological polar surface area (TPSA) is 31.2 Å². The summed E-state index contributed by atoms with van der Waals surface area (Å²) in [5.41, 5.74) is 0.182. The second kappa shape index (κ2) is 7.55. The molecule has 29 heavy (non-hydrogen) atoms. The van der Waals surface area contributed by atoms with Crippen LogP contribution in [0, 0.1) is 0 Å².